The average molecular weight is 280 g/mol. The Bertz CT molecular complexity index is 577. The zero-order valence-corrected chi connectivity index (χ0v) is 10.8. The number of esters is 1. The van der Waals surface area contributed by atoms with Crippen LogP contribution in [0.15, 0.2) is 42.5 Å². The van der Waals surface area contributed by atoms with Crippen LogP contribution in [0.5, 0.6) is 5.75 Å². The van der Waals surface area contributed by atoms with Gasteiger partial charge in [0.25, 0.3) is 0 Å². The second-order valence-corrected chi connectivity index (χ2v) is 4.48. The minimum absolute atomic E-state index is 0.343. The van der Waals surface area contributed by atoms with Crippen molar-refractivity contribution in [3.63, 3.8) is 0 Å². The molecule has 1 radical (unpaired) electrons. The highest BCUT2D eigenvalue weighted by molar-refractivity contribution is 6.42. The maximum absolute atomic E-state index is 11.8. The van der Waals surface area contributed by atoms with Crippen LogP contribution in [0.4, 0.5) is 0 Å². The molecule has 0 fully saturated rings. The van der Waals surface area contributed by atoms with Crippen LogP contribution in [0.1, 0.15) is 15.9 Å². The SMILES string of the molecule is [CH2]c1ccc(C(=O)Oc2ccc(Cl)c(Cl)c2)cc1. The van der Waals surface area contributed by atoms with Crippen molar-refractivity contribution < 1.29 is 9.53 Å². The topological polar surface area (TPSA) is 26.3 Å². The normalized spacial score (nSPS) is 10.2. The van der Waals surface area contributed by atoms with Crippen LogP contribution in [0.2, 0.25) is 10.0 Å². The van der Waals surface area contributed by atoms with Crippen molar-refractivity contribution in [3.05, 3.63) is 70.6 Å². The Balaban J connectivity index is 2.16. The lowest BCUT2D eigenvalue weighted by Crippen LogP contribution is -2.08. The highest BCUT2D eigenvalue weighted by atomic mass is 35.5. The first-order chi connectivity index (χ1) is 8.56. The summed E-state index contributed by atoms with van der Waals surface area (Å²) in [5.74, 6) is -0.0958. The molecule has 0 bridgehead atoms. The third-order valence-electron chi connectivity index (χ3n) is 2.29. The molecular formula is C14H9Cl2O2. The van der Waals surface area contributed by atoms with E-state index in [9.17, 15) is 4.79 Å². The number of carbonyl (C=O) groups is 1. The second-order valence-electron chi connectivity index (χ2n) is 3.66. The number of halogens is 2. The van der Waals surface area contributed by atoms with E-state index in [1.807, 2.05) is 0 Å². The monoisotopic (exact) mass is 279 g/mol. The molecule has 0 spiro atoms. The Kier molecular flexibility index (Phi) is 3.90. The van der Waals surface area contributed by atoms with Gasteiger partial charge in [-0.1, -0.05) is 35.3 Å². The molecule has 2 nitrogen and oxygen atoms in total. The van der Waals surface area contributed by atoms with Gasteiger partial charge in [-0.3, -0.25) is 0 Å². The molecule has 2 rings (SSSR count). The molecular weight excluding hydrogens is 271 g/mol. The smallest absolute Gasteiger partial charge is 0.343 e. The molecule has 0 aliphatic carbocycles. The van der Waals surface area contributed by atoms with Gasteiger partial charge in [0.1, 0.15) is 5.75 Å². The van der Waals surface area contributed by atoms with Gasteiger partial charge in [-0.25, -0.2) is 4.79 Å². The van der Waals surface area contributed by atoms with Crippen molar-refractivity contribution in [2.24, 2.45) is 0 Å². The molecule has 0 saturated carbocycles. The van der Waals surface area contributed by atoms with Crippen LogP contribution in [-0.2, 0) is 0 Å². The largest absolute Gasteiger partial charge is 0.423 e. The quantitative estimate of drug-likeness (QED) is 0.602. The van der Waals surface area contributed by atoms with Gasteiger partial charge >= 0.3 is 5.97 Å². The molecule has 0 unspecified atom stereocenters. The zero-order valence-electron chi connectivity index (χ0n) is 9.32. The third-order valence-corrected chi connectivity index (χ3v) is 3.03. The Morgan fingerprint density at radius 1 is 1.00 bits per heavy atom. The van der Waals surface area contributed by atoms with Crippen LogP contribution in [0.25, 0.3) is 0 Å². The lowest BCUT2D eigenvalue weighted by Gasteiger charge is -2.05. The van der Waals surface area contributed by atoms with Crippen LogP contribution in [0, 0.1) is 6.92 Å². The highest BCUT2D eigenvalue weighted by Crippen LogP contribution is 2.26. The van der Waals surface area contributed by atoms with Crippen molar-refractivity contribution in [3.8, 4) is 5.75 Å². The summed E-state index contributed by atoms with van der Waals surface area (Å²) in [5, 5.41) is 0.757. The fourth-order valence-corrected chi connectivity index (χ4v) is 1.64. The van der Waals surface area contributed by atoms with Crippen molar-refractivity contribution in [1.82, 2.24) is 0 Å². The maximum atomic E-state index is 11.8. The average Bonchev–Trinajstić information content (AvgIpc) is 2.34. The molecule has 0 aromatic heterocycles. The van der Waals surface area contributed by atoms with E-state index < -0.39 is 5.97 Å². The Morgan fingerprint density at radius 2 is 1.67 bits per heavy atom. The first-order valence-corrected chi connectivity index (χ1v) is 5.91. The molecule has 0 saturated heterocycles. The summed E-state index contributed by atoms with van der Waals surface area (Å²) in [4.78, 5) is 11.8. The standard InChI is InChI=1S/C14H9Cl2O2/c1-9-2-4-10(5-3-9)14(17)18-11-6-7-12(15)13(16)8-11/h2-8H,1H2. The Hall–Kier alpha value is -1.51. The molecule has 4 heteroatoms. The van der Waals surface area contributed by atoms with E-state index in [-0.39, 0.29) is 0 Å². The number of carbonyl (C=O) groups excluding carboxylic acids is 1. The number of benzene rings is 2. The van der Waals surface area contributed by atoms with Gasteiger partial charge in [0.15, 0.2) is 0 Å². The molecule has 18 heavy (non-hydrogen) atoms. The molecule has 0 atom stereocenters. The number of hydrogen-bond acceptors (Lipinski definition) is 2. The summed E-state index contributed by atoms with van der Waals surface area (Å²) in [6, 6.07) is 11.5. The minimum Gasteiger partial charge on any atom is -0.423 e. The summed E-state index contributed by atoms with van der Waals surface area (Å²) >= 11 is 11.6. The highest BCUT2D eigenvalue weighted by Gasteiger charge is 2.09. The van der Waals surface area contributed by atoms with E-state index >= 15 is 0 Å². The number of rotatable bonds is 2. The van der Waals surface area contributed by atoms with Crippen LogP contribution < -0.4 is 4.74 Å². The van der Waals surface area contributed by atoms with E-state index in [1.165, 1.54) is 6.07 Å². The summed E-state index contributed by atoms with van der Waals surface area (Å²) in [5.41, 5.74) is 1.29. The van der Waals surface area contributed by atoms with Gasteiger partial charge in [0.05, 0.1) is 15.6 Å². The molecule has 0 aliphatic rings. The van der Waals surface area contributed by atoms with Gasteiger partial charge in [-0.15, -0.1) is 0 Å². The van der Waals surface area contributed by atoms with E-state index in [0.717, 1.165) is 5.56 Å². The summed E-state index contributed by atoms with van der Waals surface area (Å²) in [7, 11) is 0. The van der Waals surface area contributed by atoms with E-state index in [2.05, 4.69) is 6.92 Å². The summed E-state index contributed by atoms with van der Waals surface area (Å²) < 4.78 is 5.17. The van der Waals surface area contributed by atoms with Crippen LogP contribution in [0.3, 0.4) is 0 Å². The minimum atomic E-state index is -0.451. The van der Waals surface area contributed by atoms with E-state index in [1.54, 1.807) is 36.4 Å². The van der Waals surface area contributed by atoms with E-state index in [4.69, 9.17) is 27.9 Å². The van der Waals surface area contributed by atoms with Crippen molar-refractivity contribution >= 4 is 29.2 Å². The first-order valence-electron chi connectivity index (χ1n) is 5.15. The molecule has 0 aliphatic heterocycles. The Morgan fingerprint density at radius 3 is 2.28 bits per heavy atom. The second kappa shape index (κ2) is 5.42. The third kappa shape index (κ3) is 3.03. The summed E-state index contributed by atoms with van der Waals surface area (Å²) in [6.45, 7) is 3.74. The van der Waals surface area contributed by atoms with Crippen molar-refractivity contribution in [2.45, 2.75) is 0 Å². The Labute approximate surface area is 115 Å². The van der Waals surface area contributed by atoms with Crippen LogP contribution >= 0.6 is 23.2 Å². The van der Waals surface area contributed by atoms with E-state index in [0.29, 0.717) is 21.4 Å². The first kappa shape index (κ1) is 12.9. The van der Waals surface area contributed by atoms with Gasteiger partial charge < -0.3 is 4.74 Å². The fraction of sp³-hybridized carbons (Fsp3) is 0. The lowest BCUT2D eigenvalue weighted by atomic mass is 10.1. The summed E-state index contributed by atoms with van der Waals surface area (Å²) in [6.07, 6.45) is 0. The van der Waals surface area contributed by atoms with Gasteiger partial charge in [0.2, 0.25) is 0 Å². The number of ether oxygens (including phenoxy) is 1. The zero-order chi connectivity index (χ0) is 13.1. The van der Waals surface area contributed by atoms with Crippen molar-refractivity contribution in [2.75, 3.05) is 0 Å². The van der Waals surface area contributed by atoms with Crippen LogP contribution in [-0.4, -0.2) is 5.97 Å². The van der Waals surface area contributed by atoms with Crippen molar-refractivity contribution in [1.29, 1.82) is 0 Å². The maximum Gasteiger partial charge on any atom is 0.343 e. The molecule has 91 valence electrons. The predicted molar refractivity (Wildman–Crippen MR) is 72.3 cm³/mol. The molecule has 0 heterocycles. The van der Waals surface area contributed by atoms with Gasteiger partial charge in [-0.2, -0.15) is 0 Å². The lowest BCUT2D eigenvalue weighted by molar-refractivity contribution is 0.0735. The molecule has 0 amide bonds. The predicted octanol–water partition coefficient (Wildman–Crippen LogP) is 4.39. The molecule has 0 N–H and O–H groups in total. The molecule has 2 aromatic carbocycles. The molecule has 2 aromatic rings. The fourth-order valence-electron chi connectivity index (χ4n) is 1.35. The number of hydrogen-bond donors (Lipinski definition) is 0. The van der Waals surface area contributed by atoms with Gasteiger partial charge in [0, 0.05) is 6.07 Å². The van der Waals surface area contributed by atoms with Gasteiger partial charge in [-0.05, 0) is 36.8 Å².